The third-order valence-electron chi connectivity index (χ3n) is 3.76. The van der Waals surface area contributed by atoms with Crippen LogP contribution in [0.15, 0.2) is 59.1 Å². The summed E-state index contributed by atoms with van der Waals surface area (Å²) in [6.07, 6.45) is 0.202. The minimum Gasteiger partial charge on any atom is -0.496 e. The molecule has 0 aliphatic carbocycles. The normalized spacial score (nSPS) is 10.6. The molecule has 0 saturated heterocycles. The Morgan fingerprint density at radius 1 is 1.17 bits per heavy atom. The summed E-state index contributed by atoms with van der Waals surface area (Å²) >= 11 is 9.57. The number of anilines is 1. The molecule has 3 aromatic carbocycles. The molecular formula is C19H15BrClNO2. The largest absolute Gasteiger partial charge is 0.496 e. The monoisotopic (exact) mass is 403 g/mol. The van der Waals surface area contributed by atoms with Crippen molar-refractivity contribution in [2.24, 2.45) is 0 Å². The van der Waals surface area contributed by atoms with Gasteiger partial charge in [-0.25, -0.2) is 0 Å². The average molecular weight is 405 g/mol. The number of methoxy groups -OCH3 is 1. The third kappa shape index (κ3) is 3.55. The summed E-state index contributed by atoms with van der Waals surface area (Å²) in [6, 6.07) is 17.0. The first-order valence-electron chi connectivity index (χ1n) is 7.38. The maximum Gasteiger partial charge on any atom is 0.229 e. The van der Waals surface area contributed by atoms with Crippen LogP contribution >= 0.6 is 27.5 Å². The second kappa shape index (κ2) is 7.24. The Morgan fingerprint density at radius 3 is 2.71 bits per heavy atom. The van der Waals surface area contributed by atoms with Crippen molar-refractivity contribution >= 4 is 49.9 Å². The number of rotatable bonds is 4. The number of ether oxygens (including phenoxy) is 1. The summed E-state index contributed by atoms with van der Waals surface area (Å²) in [5, 5.41) is 5.40. The van der Waals surface area contributed by atoms with Gasteiger partial charge in [0.2, 0.25) is 5.91 Å². The number of fused-ring (bicyclic) bond motifs is 1. The minimum absolute atomic E-state index is 0.142. The molecule has 24 heavy (non-hydrogen) atoms. The molecule has 0 unspecified atom stereocenters. The highest BCUT2D eigenvalue weighted by molar-refractivity contribution is 9.10. The number of para-hydroxylation sites is 1. The average Bonchev–Trinajstić information content (AvgIpc) is 2.57. The first-order chi connectivity index (χ1) is 11.6. The first kappa shape index (κ1) is 16.8. The van der Waals surface area contributed by atoms with Gasteiger partial charge in [-0.2, -0.15) is 0 Å². The molecule has 0 saturated carbocycles. The van der Waals surface area contributed by atoms with E-state index in [4.69, 9.17) is 16.3 Å². The predicted molar refractivity (Wildman–Crippen MR) is 102 cm³/mol. The number of hydrogen-bond donors (Lipinski definition) is 1. The van der Waals surface area contributed by atoms with Gasteiger partial charge in [0, 0.05) is 10.0 Å². The zero-order chi connectivity index (χ0) is 17.1. The van der Waals surface area contributed by atoms with Gasteiger partial charge in [-0.1, -0.05) is 51.8 Å². The van der Waals surface area contributed by atoms with Gasteiger partial charge in [0.15, 0.2) is 0 Å². The highest BCUT2D eigenvalue weighted by Gasteiger charge is 2.14. The first-order valence-corrected chi connectivity index (χ1v) is 8.55. The Bertz CT molecular complexity index is 911. The fraction of sp³-hybridized carbons (Fsp3) is 0.105. The molecule has 0 aliphatic heterocycles. The molecule has 0 aromatic heterocycles. The van der Waals surface area contributed by atoms with Gasteiger partial charge in [0.25, 0.3) is 0 Å². The van der Waals surface area contributed by atoms with Gasteiger partial charge in [0.05, 0.1) is 24.2 Å². The van der Waals surface area contributed by atoms with E-state index in [1.807, 2.05) is 42.5 Å². The number of hydrogen-bond acceptors (Lipinski definition) is 2. The molecule has 5 heteroatoms. The number of halogens is 2. The van der Waals surface area contributed by atoms with E-state index in [0.717, 1.165) is 20.8 Å². The van der Waals surface area contributed by atoms with Crippen molar-refractivity contribution in [1.82, 2.24) is 0 Å². The van der Waals surface area contributed by atoms with Crippen LogP contribution in [0.3, 0.4) is 0 Å². The van der Waals surface area contributed by atoms with Crippen LogP contribution in [0.25, 0.3) is 10.8 Å². The van der Waals surface area contributed by atoms with Gasteiger partial charge in [-0.05, 0) is 41.1 Å². The van der Waals surface area contributed by atoms with E-state index in [9.17, 15) is 4.79 Å². The number of carbonyl (C=O) groups is 1. The van der Waals surface area contributed by atoms with Gasteiger partial charge < -0.3 is 10.1 Å². The van der Waals surface area contributed by atoms with E-state index in [1.165, 1.54) is 0 Å². The van der Waals surface area contributed by atoms with Crippen LogP contribution in [0.5, 0.6) is 5.75 Å². The number of benzene rings is 3. The fourth-order valence-corrected chi connectivity index (χ4v) is 3.20. The Morgan fingerprint density at radius 2 is 1.96 bits per heavy atom. The molecule has 0 heterocycles. The molecule has 3 rings (SSSR count). The van der Waals surface area contributed by atoms with Crippen LogP contribution in [0, 0.1) is 0 Å². The van der Waals surface area contributed by atoms with Crippen molar-refractivity contribution in [2.45, 2.75) is 6.42 Å². The Labute approximate surface area is 153 Å². The molecular weight excluding hydrogens is 390 g/mol. The van der Waals surface area contributed by atoms with Gasteiger partial charge in [-0.3, -0.25) is 4.79 Å². The summed E-state index contributed by atoms with van der Waals surface area (Å²) in [7, 11) is 1.61. The van der Waals surface area contributed by atoms with Crippen molar-refractivity contribution in [1.29, 1.82) is 0 Å². The van der Waals surface area contributed by atoms with Crippen LogP contribution in [-0.2, 0) is 11.2 Å². The molecule has 0 spiro atoms. The molecule has 0 bridgehead atoms. The Balaban J connectivity index is 1.93. The van der Waals surface area contributed by atoms with Crippen LogP contribution in [0.1, 0.15) is 5.56 Å². The van der Waals surface area contributed by atoms with E-state index in [0.29, 0.717) is 16.5 Å². The van der Waals surface area contributed by atoms with Crippen molar-refractivity contribution in [3.8, 4) is 5.75 Å². The molecule has 122 valence electrons. The summed E-state index contributed by atoms with van der Waals surface area (Å²) < 4.78 is 6.43. The topological polar surface area (TPSA) is 38.3 Å². The van der Waals surface area contributed by atoms with E-state index in [2.05, 4.69) is 21.2 Å². The van der Waals surface area contributed by atoms with Crippen LogP contribution < -0.4 is 10.1 Å². The van der Waals surface area contributed by atoms with Crippen molar-refractivity contribution in [3.05, 3.63) is 69.7 Å². The van der Waals surface area contributed by atoms with Crippen LogP contribution in [0.2, 0.25) is 5.02 Å². The maximum absolute atomic E-state index is 12.5. The van der Waals surface area contributed by atoms with E-state index < -0.39 is 0 Å². The van der Waals surface area contributed by atoms with Crippen LogP contribution in [0.4, 0.5) is 5.69 Å². The van der Waals surface area contributed by atoms with Crippen LogP contribution in [-0.4, -0.2) is 13.0 Å². The highest BCUT2D eigenvalue weighted by Crippen LogP contribution is 2.31. The van der Waals surface area contributed by atoms with Crippen molar-refractivity contribution in [2.75, 3.05) is 12.4 Å². The third-order valence-corrected chi connectivity index (χ3v) is 4.58. The fourth-order valence-electron chi connectivity index (χ4n) is 2.64. The number of carbonyl (C=O) groups excluding carboxylic acids is 1. The zero-order valence-corrected chi connectivity index (χ0v) is 15.3. The summed E-state index contributed by atoms with van der Waals surface area (Å²) in [5.74, 6) is 0.552. The zero-order valence-electron chi connectivity index (χ0n) is 13.0. The second-order valence-electron chi connectivity index (χ2n) is 5.32. The standard InChI is InChI=1S/C19H15BrClNO2/c1-24-18-9-6-12-10-13(20)7-8-14(12)15(18)11-19(23)22-17-5-3-2-4-16(17)21/h2-10H,11H2,1H3,(H,22,23). The lowest BCUT2D eigenvalue weighted by atomic mass is 10.0. The molecule has 3 aromatic rings. The maximum atomic E-state index is 12.5. The summed E-state index contributed by atoms with van der Waals surface area (Å²) in [6.45, 7) is 0. The molecule has 1 N–H and O–H groups in total. The summed E-state index contributed by atoms with van der Waals surface area (Å²) in [4.78, 5) is 12.5. The number of amides is 1. The molecule has 0 radical (unpaired) electrons. The van der Waals surface area contributed by atoms with Gasteiger partial charge >= 0.3 is 0 Å². The van der Waals surface area contributed by atoms with Crippen molar-refractivity contribution < 1.29 is 9.53 Å². The Kier molecular flexibility index (Phi) is 5.07. The predicted octanol–water partition coefficient (Wildman–Crippen LogP) is 5.45. The lowest BCUT2D eigenvalue weighted by molar-refractivity contribution is -0.115. The quantitative estimate of drug-likeness (QED) is 0.628. The highest BCUT2D eigenvalue weighted by atomic mass is 79.9. The lowest BCUT2D eigenvalue weighted by Crippen LogP contribution is -2.15. The van der Waals surface area contributed by atoms with E-state index in [-0.39, 0.29) is 12.3 Å². The molecule has 3 nitrogen and oxygen atoms in total. The SMILES string of the molecule is COc1ccc2cc(Br)ccc2c1CC(=O)Nc1ccccc1Cl. The van der Waals surface area contributed by atoms with E-state index in [1.54, 1.807) is 19.2 Å². The molecule has 1 amide bonds. The number of nitrogens with one attached hydrogen (secondary N) is 1. The van der Waals surface area contributed by atoms with Crippen molar-refractivity contribution in [3.63, 3.8) is 0 Å². The lowest BCUT2D eigenvalue weighted by Gasteiger charge is -2.13. The van der Waals surface area contributed by atoms with E-state index >= 15 is 0 Å². The smallest absolute Gasteiger partial charge is 0.229 e. The second-order valence-corrected chi connectivity index (χ2v) is 6.64. The Hall–Kier alpha value is -2.04. The van der Waals surface area contributed by atoms with Gasteiger partial charge in [-0.15, -0.1) is 0 Å². The molecule has 0 aliphatic rings. The molecule has 0 fully saturated rings. The molecule has 0 atom stereocenters. The van der Waals surface area contributed by atoms with Gasteiger partial charge in [0.1, 0.15) is 5.75 Å². The minimum atomic E-state index is -0.142. The summed E-state index contributed by atoms with van der Waals surface area (Å²) in [5.41, 5.74) is 1.46.